The van der Waals surface area contributed by atoms with Crippen molar-refractivity contribution in [3.05, 3.63) is 0 Å². The lowest BCUT2D eigenvalue weighted by molar-refractivity contribution is 0.175. The maximum atomic E-state index is 9.22. The van der Waals surface area contributed by atoms with Gasteiger partial charge in [0.25, 0.3) is 0 Å². The first-order valence-electron chi connectivity index (χ1n) is 10.0. The van der Waals surface area contributed by atoms with Crippen LogP contribution in [0.3, 0.4) is 0 Å². The summed E-state index contributed by atoms with van der Waals surface area (Å²) in [6, 6.07) is 0. The standard InChI is InChI=1S/C20H43NO/c1-4-6-7-8-9-10-11-12-13-14-15-16-17-21(3)18-20(5-2)19-22/h20,22H,4-19H2,1-3H3. The quantitative estimate of drug-likeness (QED) is 0.351. The molecule has 0 aliphatic heterocycles. The number of hydrogen-bond donors (Lipinski definition) is 1. The van der Waals surface area contributed by atoms with Crippen LogP contribution < -0.4 is 0 Å². The lowest BCUT2D eigenvalue weighted by Gasteiger charge is -2.21. The molecule has 0 rings (SSSR count). The van der Waals surface area contributed by atoms with Gasteiger partial charge in [-0.3, -0.25) is 0 Å². The van der Waals surface area contributed by atoms with Gasteiger partial charge in [-0.25, -0.2) is 0 Å². The lowest BCUT2D eigenvalue weighted by Crippen LogP contribution is -2.28. The van der Waals surface area contributed by atoms with Gasteiger partial charge < -0.3 is 10.0 Å². The van der Waals surface area contributed by atoms with Crippen molar-refractivity contribution >= 4 is 0 Å². The molecule has 0 saturated heterocycles. The highest BCUT2D eigenvalue weighted by Crippen LogP contribution is 2.12. The summed E-state index contributed by atoms with van der Waals surface area (Å²) < 4.78 is 0. The Morgan fingerprint density at radius 3 is 1.59 bits per heavy atom. The van der Waals surface area contributed by atoms with E-state index in [1.54, 1.807) is 0 Å². The van der Waals surface area contributed by atoms with E-state index >= 15 is 0 Å². The summed E-state index contributed by atoms with van der Waals surface area (Å²) in [5.41, 5.74) is 0. The Hall–Kier alpha value is -0.0800. The van der Waals surface area contributed by atoms with Crippen molar-refractivity contribution < 1.29 is 5.11 Å². The van der Waals surface area contributed by atoms with Gasteiger partial charge in [0.2, 0.25) is 0 Å². The molecule has 0 bridgehead atoms. The first-order chi connectivity index (χ1) is 10.7. The molecule has 0 aliphatic rings. The molecule has 0 amide bonds. The zero-order chi connectivity index (χ0) is 16.5. The molecule has 0 aromatic rings. The van der Waals surface area contributed by atoms with Gasteiger partial charge in [-0.1, -0.05) is 84.5 Å². The first kappa shape index (κ1) is 21.9. The minimum absolute atomic E-state index is 0.333. The van der Waals surface area contributed by atoms with Crippen LogP contribution in [0.5, 0.6) is 0 Å². The fourth-order valence-corrected chi connectivity index (χ4v) is 3.07. The summed E-state index contributed by atoms with van der Waals surface area (Å²) in [5.74, 6) is 0.460. The summed E-state index contributed by atoms with van der Waals surface area (Å²) in [5, 5.41) is 9.22. The largest absolute Gasteiger partial charge is 0.396 e. The fraction of sp³-hybridized carbons (Fsp3) is 1.00. The van der Waals surface area contributed by atoms with E-state index in [9.17, 15) is 5.11 Å². The Morgan fingerprint density at radius 1 is 0.727 bits per heavy atom. The third-order valence-electron chi connectivity index (χ3n) is 4.80. The number of aliphatic hydroxyl groups is 1. The van der Waals surface area contributed by atoms with Crippen LogP contribution in [0.4, 0.5) is 0 Å². The van der Waals surface area contributed by atoms with Crippen LogP contribution in [0, 0.1) is 5.92 Å². The summed E-state index contributed by atoms with van der Waals surface area (Å²) in [7, 11) is 2.19. The van der Waals surface area contributed by atoms with Gasteiger partial charge in [-0.2, -0.15) is 0 Å². The molecule has 134 valence electrons. The van der Waals surface area contributed by atoms with Crippen molar-refractivity contribution in [2.45, 2.75) is 97.3 Å². The van der Waals surface area contributed by atoms with Gasteiger partial charge >= 0.3 is 0 Å². The average Bonchev–Trinajstić information content (AvgIpc) is 2.53. The van der Waals surface area contributed by atoms with Crippen LogP contribution in [-0.4, -0.2) is 36.8 Å². The Bertz CT molecular complexity index is 204. The van der Waals surface area contributed by atoms with Crippen LogP contribution in [-0.2, 0) is 0 Å². The zero-order valence-electron chi connectivity index (χ0n) is 15.8. The molecule has 0 aromatic carbocycles. The first-order valence-corrected chi connectivity index (χ1v) is 10.0. The van der Waals surface area contributed by atoms with Gasteiger partial charge in [0.05, 0.1) is 0 Å². The van der Waals surface area contributed by atoms with E-state index in [1.807, 2.05) is 0 Å². The Morgan fingerprint density at radius 2 is 1.18 bits per heavy atom. The minimum atomic E-state index is 0.333. The molecule has 0 saturated carbocycles. The number of unbranched alkanes of at least 4 members (excludes halogenated alkanes) is 11. The van der Waals surface area contributed by atoms with Crippen LogP contribution in [0.25, 0.3) is 0 Å². The zero-order valence-corrected chi connectivity index (χ0v) is 15.8. The molecule has 2 heteroatoms. The molecule has 0 heterocycles. The predicted molar refractivity (Wildman–Crippen MR) is 99.4 cm³/mol. The second-order valence-electron chi connectivity index (χ2n) is 7.11. The number of rotatable bonds is 17. The molecule has 0 aliphatic carbocycles. The highest BCUT2D eigenvalue weighted by Gasteiger charge is 2.07. The molecule has 0 fully saturated rings. The van der Waals surface area contributed by atoms with E-state index in [1.165, 1.54) is 83.6 Å². The summed E-state index contributed by atoms with van der Waals surface area (Å²) in [6.45, 7) is 7.02. The fourth-order valence-electron chi connectivity index (χ4n) is 3.07. The summed E-state index contributed by atoms with van der Waals surface area (Å²) >= 11 is 0. The third-order valence-corrected chi connectivity index (χ3v) is 4.80. The van der Waals surface area contributed by atoms with E-state index in [0.29, 0.717) is 12.5 Å². The second-order valence-corrected chi connectivity index (χ2v) is 7.11. The lowest BCUT2D eigenvalue weighted by atomic mass is 10.0. The maximum Gasteiger partial charge on any atom is 0.0471 e. The van der Waals surface area contributed by atoms with Crippen molar-refractivity contribution in [3.8, 4) is 0 Å². The summed E-state index contributed by atoms with van der Waals surface area (Å²) in [6.07, 6.45) is 18.1. The highest BCUT2D eigenvalue weighted by molar-refractivity contribution is 4.61. The topological polar surface area (TPSA) is 23.5 Å². The van der Waals surface area contributed by atoms with E-state index in [4.69, 9.17) is 0 Å². The number of aliphatic hydroxyl groups excluding tert-OH is 1. The van der Waals surface area contributed by atoms with Crippen molar-refractivity contribution in [2.75, 3.05) is 26.7 Å². The van der Waals surface area contributed by atoms with E-state index in [-0.39, 0.29) is 0 Å². The van der Waals surface area contributed by atoms with Gasteiger partial charge in [0.1, 0.15) is 0 Å². The summed E-state index contributed by atoms with van der Waals surface area (Å²) in [4.78, 5) is 2.39. The molecular weight excluding hydrogens is 270 g/mol. The normalized spacial score (nSPS) is 13.0. The number of hydrogen-bond acceptors (Lipinski definition) is 2. The molecule has 2 nitrogen and oxygen atoms in total. The van der Waals surface area contributed by atoms with Crippen molar-refractivity contribution in [1.29, 1.82) is 0 Å². The molecule has 1 atom stereocenters. The van der Waals surface area contributed by atoms with E-state index < -0.39 is 0 Å². The van der Waals surface area contributed by atoms with Crippen LogP contribution in [0.15, 0.2) is 0 Å². The highest BCUT2D eigenvalue weighted by atomic mass is 16.3. The SMILES string of the molecule is CCCCCCCCCCCCCCN(C)CC(CC)CO. The average molecular weight is 314 g/mol. The van der Waals surface area contributed by atoms with E-state index in [2.05, 4.69) is 25.8 Å². The van der Waals surface area contributed by atoms with Crippen LogP contribution in [0.2, 0.25) is 0 Å². The van der Waals surface area contributed by atoms with Crippen molar-refractivity contribution in [3.63, 3.8) is 0 Å². The Balaban J connectivity index is 3.19. The van der Waals surface area contributed by atoms with Crippen LogP contribution >= 0.6 is 0 Å². The smallest absolute Gasteiger partial charge is 0.0471 e. The Kier molecular flexibility index (Phi) is 17.2. The van der Waals surface area contributed by atoms with Gasteiger partial charge in [0, 0.05) is 13.2 Å². The monoisotopic (exact) mass is 313 g/mol. The van der Waals surface area contributed by atoms with Gasteiger partial charge in [-0.05, 0) is 32.4 Å². The molecule has 1 unspecified atom stereocenters. The number of nitrogens with zero attached hydrogens (tertiary/aromatic N) is 1. The van der Waals surface area contributed by atoms with Crippen molar-refractivity contribution in [1.82, 2.24) is 4.90 Å². The minimum Gasteiger partial charge on any atom is -0.396 e. The van der Waals surface area contributed by atoms with Gasteiger partial charge in [-0.15, -0.1) is 0 Å². The predicted octanol–water partition coefficient (Wildman–Crippen LogP) is 5.64. The third kappa shape index (κ3) is 14.8. The molecule has 0 radical (unpaired) electrons. The maximum absolute atomic E-state index is 9.22. The Labute approximate surface area is 140 Å². The molecule has 0 spiro atoms. The molecule has 22 heavy (non-hydrogen) atoms. The van der Waals surface area contributed by atoms with Gasteiger partial charge in [0.15, 0.2) is 0 Å². The molecule has 0 aromatic heterocycles. The van der Waals surface area contributed by atoms with E-state index in [0.717, 1.165) is 13.0 Å². The molecular formula is C20H43NO. The second kappa shape index (κ2) is 17.3. The molecule has 1 N–H and O–H groups in total. The van der Waals surface area contributed by atoms with Crippen molar-refractivity contribution in [2.24, 2.45) is 5.92 Å². The van der Waals surface area contributed by atoms with Crippen LogP contribution in [0.1, 0.15) is 97.3 Å².